The van der Waals surface area contributed by atoms with E-state index in [0.717, 1.165) is 17.2 Å². The van der Waals surface area contributed by atoms with Crippen molar-refractivity contribution in [2.24, 2.45) is 0 Å². The van der Waals surface area contributed by atoms with Crippen molar-refractivity contribution in [1.82, 2.24) is 0 Å². The van der Waals surface area contributed by atoms with Crippen LogP contribution in [0.2, 0.25) is 0 Å². The van der Waals surface area contributed by atoms with E-state index in [0.29, 0.717) is 12.4 Å². The zero-order valence-electron chi connectivity index (χ0n) is 11.9. The molecule has 2 nitrogen and oxygen atoms in total. The third-order valence-electron chi connectivity index (χ3n) is 3.55. The first-order chi connectivity index (χ1) is 10.3. The minimum atomic E-state index is -0.321. The van der Waals surface area contributed by atoms with Gasteiger partial charge in [0.15, 0.2) is 11.6 Å². The monoisotopic (exact) mass is 303 g/mol. The molecule has 2 aromatic carbocycles. The van der Waals surface area contributed by atoms with Gasteiger partial charge in [-0.3, -0.25) is 0 Å². The Hall–Kier alpha value is -1.68. The number of ether oxygens (including phenoxy) is 1. The second kappa shape index (κ2) is 6.39. The molecule has 1 heterocycles. The van der Waals surface area contributed by atoms with Gasteiger partial charge in [0, 0.05) is 23.3 Å². The number of hydrogen-bond donors (Lipinski definition) is 1. The van der Waals surface area contributed by atoms with Crippen LogP contribution in [-0.4, -0.2) is 12.4 Å². The minimum Gasteiger partial charge on any atom is -0.491 e. The molecular formula is C17H18FNOS. The molecule has 21 heavy (non-hydrogen) atoms. The predicted octanol–water partition coefficient (Wildman–Crippen LogP) is 4.62. The Balaban J connectivity index is 1.80. The highest BCUT2D eigenvalue weighted by atomic mass is 32.2. The van der Waals surface area contributed by atoms with Gasteiger partial charge in [-0.25, -0.2) is 4.39 Å². The summed E-state index contributed by atoms with van der Waals surface area (Å²) in [7, 11) is 0. The molecule has 4 heteroatoms. The molecule has 0 aliphatic carbocycles. The minimum absolute atomic E-state index is 0.220. The van der Waals surface area contributed by atoms with Crippen LogP contribution in [-0.2, 0) is 5.75 Å². The highest BCUT2D eigenvalue weighted by Crippen LogP contribution is 2.34. The molecule has 1 unspecified atom stereocenters. The number of thioether (sulfide) groups is 1. The van der Waals surface area contributed by atoms with Crippen molar-refractivity contribution in [3.05, 3.63) is 59.4 Å². The van der Waals surface area contributed by atoms with Crippen LogP contribution in [0.1, 0.15) is 24.1 Å². The van der Waals surface area contributed by atoms with E-state index in [1.54, 1.807) is 6.07 Å². The van der Waals surface area contributed by atoms with Crippen molar-refractivity contribution in [1.29, 1.82) is 0 Å². The second-order valence-corrected chi connectivity index (χ2v) is 6.02. The van der Waals surface area contributed by atoms with Gasteiger partial charge in [-0.05, 0) is 30.2 Å². The molecule has 0 radical (unpaired) electrons. The Kier molecular flexibility index (Phi) is 4.34. The van der Waals surface area contributed by atoms with E-state index in [2.05, 4.69) is 29.6 Å². The molecule has 0 spiro atoms. The molecule has 0 fully saturated rings. The number of nitrogens with one attached hydrogen (secondary N) is 1. The Morgan fingerprint density at radius 1 is 1.29 bits per heavy atom. The average molecular weight is 303 g/mol. The summed E-state index contributed by atoms with van der Waals surface area (Å²) in [6.45, 7) is 2.32. The first kappa shape index (κ1) is 14.3. The lowest BCUT2D eigenvalue weighted by atomic mass is 10.0. The highest BCUT2D eigenvalue weighted by molar-refractivity contribution is 7.98. The number of rotatable bonds is 4. The first-order valence-corrected chi connectivity index (χ1v) is 8.28. The summed E-state index contributed by atoms with van der Waals surface area (Å²) in [6.07, 6.45) is 0. The zero-order valence-corrected chi connectivity index (χ0v) is 12.8. The Labute approximate surface area is 128 Å². The summed E-state index contributed by atoms with van der Waals surface area (Å²) in [5, 5.41) is 3.43. The van der Waals surface area contributed by atoms with Crippen LogP contribution >= 0.6 is 11.8 Å². The van der Waals surface area contributed by atoms with Crippen LogP contribution < -0.4 is 10.1 Å². The maximum atomic E-state index is 13.9. The molecule has 0 aromatic heterocycles. The van der Waals surface area contributed by atoms with Crippen LogP contribution in [0.3, 0.4) is 0 Å². The van der Waals surface area contributed by atoms with Gasteiger partial charge >= 0.3 is 0 Å². The largest absolute Gasteiger partial charge is 0.491 e. The van der Waals surface area contributed by atoms with E-state index >= 15 is 0 Å². The summed E-state index contributed by atoms with van der Waals surface area (Å²) < 4.78 is 19.1. The number of hydrogen-bond acceptors (Lipinski definition) is 3. The lowest BCUT2D eigenvalue weighted by Crippen LogP contribution is -2.18. The van der Waals surface area contributed by atoms with Gasteiger partial charge in [-0.15, -0.1) is 0 Å². The molecule has 2 aromatic rings. The topological polar surface area (TPSA) is 21.3 Å². The van der Waals surface area contributed by atoms with Crippen molar-refractivity contribution in [2.45, 2.75) is 18.7 Å². The number of fused-ring (bicyclic) bond motifs is 1. The molecule has 110 valence electrons. The summed E-state index contributed by atoms with van der Waals surface area (Å²) in [6, 6.07) is 13.7. The molecule has 0 saturated carbocycles. The molecule has 1 N–H and O–H groups in total. The smallest absolute Gasteiger partial charge is 0.167 e. The molecule has 1 aliphatic rings. The van der Waals surface area contributed by atoms with Gasteiger partial charge in [0.1, 0.15) is 0 Å². The van der Waals surface area contributed by atoms with Crippen molar-refractivity contribution in [2.75, 3.05) is 17.7 Å². The predicted molar refractivity (Wildman–Crippen MR) is 86.5 cm³/mol. The standard InChI is InChI=1S/C17H18FNOS/c1-2-20-17-8-7-13(9-15(17)18)19-16-11-21-10-12-5-3-4-6-14(12)16/h3-9,16,19H,2,10-11H2,1H3. The Morgan fingerprint density at radius 3 is 2.95 bits per heavy atom. The number of halogens is 1. The van der Waals surface area contributed by atoms with Gasteiger partial charge in [-0.2, -0.15) is 11.8 Å². The third kappa shape index (κ3) is 3.16. The lowest BCUT2D eigenvalue weighted by molar-refractivity contribution is 0.321. The van der Waals surface area contributed by atoms with E-state index < -0.39 is 0 Å². The molecule has 0 bridgehead atoms. The second-order valence-electron chi connectivity index (χ2n) is 4.99. The molecule has 1 atom stereocenters. The number of benzene rings is 2. The van der Waals surface area contributed by atoms with Gasteiger partial charge in [-0.1, -0.05) is 24.3 Å². The van der Waals surface area contributed by atoms with Crippen LogP contribution in [0.5, 0.6) is 5.75 Å². The molecule has 0 saturated heterocycles. The van der Waals surface area contributed by atoms with E-state index in [9.17, 15) is 4.39 Å². The summed E-state index contributed by atoms with van der Waals surface area (Å²) in [4.78, 5) is 0. The summed E-state index contributed by atoms with van der Waals surface area (Å²) in [5.41, 5.74) is 3.46. The van der Waals surface area contributed by atoms with Crippen LogP contribution in [0.15, 0.2) is 42.5 Å². The van der Waals surface area contributed by atoms with Gasteiger partial charge in [0.2, 0.25) is 0 Å². The van der Waals surface area contributed by atoms with Crippen LogP contribution in [0.4, 0.5) is 10.1 Å². The highest BCUT2D eigenvalue weighted by Gasteiger charge is 2.20. The quantitative estimate of drug-likeness (QED) is 0.890. The van der Waals surface area contributed by atoms with Crippen molar-refractivity contribution < 1.29 is 9.13 Å². The summed E-state index contributed by atoms with van der Waals surface area (Å²) >= 11 is 1.90. The SMILES string of the molecule is CCOc1ccc(NC2CSCc3ccccc32)cc1F. The fourth-order valence-corrected chi connectivity index (χ4v) is 3.67. The molecule has 0 amide bonds. The molecule has 3 rings (SSSR count). The third-order valence-corrected chi connectivity index (χ3v) is 4.63. The fraction of sp³-hybridized carbons (Fsp3) is 0.294. The van der Waals surface area contributed by atoms with E-state index in [-0.39, 0.29) is 11.9 Å². The lowest BCUT2D eigenvalue weighted by Gasteiger charge is -2.27. The summed E-state index contributed by atoms with van der Waals surface area (Å²) in [5.74, 6) is 2.03. The average Bonchev–Trinajstić information content (AvgIpc) is 2.51. The van der Waals surface area contributed by atoms with Gasteiger partial charge in [0.05, 0.1) is 12.6 Å². The molecular weight excluding hydrogens is 285 g/mol. The first-order valence-electron chi connectivity index (χ1n) is 7.12. The Morgan fingerprint density at radius 2 is 2.14 bits per heavy atom. The van der Waals surface area contributed by atoms with Gasteiger partial charge < -0.3 is 10.1 Å². The zero-order chi connectivity index (χ0) is 14.7. The van der Waals surface area contributed by atoms with Crippen LogP contribution in [0.25, 0.3) is 0 Å². The molecule has 1 aliphatic heterocycles. The van der Waals surface area contributed by atoms with Crippen molar-refractivity contribution in [3.63, 3.8) is 0 Å². The maximum absolute atomic E-state index is 13.9. The number of anilines is 1. The van der Waals surface area contributed by atoms with Crippen molar-refractivity contribution >= 4 is 17.4 Å². The fourth-order valence-electron chi connectivity index (χ4n) is 2.57. The van der Waals surface area contributed by atoms with Crippen molar-refractivity contribution in [3.8, 4) is 5.75 Å². The van der Waals surface area contributed by atoms with E-state index in [4.69, 9.17) is 4.74 Å². The van der Waals surface area contributed by atoms with E-state index in [1.165, 1.54) is 17.2 Å². The Bertz CT molecular complexity index is 632. The normalized spacial score (nSPS) is 17.1. The maximum Gasteiger partial charge on any atom is 0.167 e. The van der Waals surface area contributed by atoms with E-state index in [1.807, 2.05) is 24.8 Å². The van der Waals surface area contributed by atoms with Gasteiger partial charge in [0.25, 0.3) is 0 Å². The van der Waals surface area contributed by atoms with Crippen LogP contribution in [0, 0.1) is 5.82 Å².